The van der Waals surface area contributed by atoms with Gasteiger partial charge in [-0.2, -0.15) is 0 Å². The maximum Gasteiger partial charge on any atom is 0.205 e. The number of nitrogens with one attached hydrogen (secondary N) is 1. The lowest BCUT2D eigenvalue weighted by molar-refractivity contribution is 0.765. The van der Waals surface area contributed by atoms with Crippen LogP contribution in [0.15, 0.2) is 5.16 Å². The van der Waals surface area contributed by atoms with Gasteiger partial charge in [0.15, 0.2) is 5.16 Å². The summed E-state index contributed by atoms with van der Waals surface area (Å²) in [7, 11) is 1.96. The van der Waals surface area contributed by atoms with Crippen molar-refractivity contribution < 1.29 is 0 Å². The summed E-state index contributed by atoms with van der Waals surface area (Å²) in [5.74, 6) is 1.69. The quantitative estimate of drug-likeness (QED) is 0.819. The molecule has 2 rings (SSSR count). The lowest BCUT2D eigenvalue weighted by Gasteiger charge is -1.98. The molecule has 6 nitrogen and oxygen atoms in total. The van der Waals surface area contributed by atoms with Gasteiger partial charge in [0.1, 0.15) is 10.8 Å². The summed E-state index contributed by atoms with van der Waals surface area (Å²) in [5.41, 5.74) is 0. The molecule has 0 amide bonds. The number of rotatable bonds is 6. The number of hydrogen-bond donors (Lipinski definition) is 1. The molecule has 8 heteroatoms. The molecule has 1 N–H and O–H groups in total. The first-order valence-electron chi connectivity index (χ1n) is 5.75. The van der Waals surface area contributed by atoms with E-state index in [9.17, 15) is 0 Å². The van der Waals surface area contributed by atoms with Crippen LogP contribution in [0.3, 0.4) is 0 Å². The lowest BCUT2D eigenvalue weighted by Crippen LogP contribution is -1.98. The Morgan fingerprint density at radius 3 is 2.78 bits per heavy atom. The van der Waals surface area contributed by atoms with E-state index in [4.69, 9.17) is 0 Å². The van der Waals surface area contributed by atoms with Gasteiger partial charge >= 0.3 is 0 Å². The van der Waals surface area contributed by atoms with Crippen LogP contribution in [0, 0.1) is 6.92 Å². The van der Waals surface area contributed by atoms with E-state index in [0.29, 0.717) is 0 Å². The Labute approximate surface area is 114 Å². The van der Waals surface area contributed by atoms with Gasteiger partial charge in [0, 0.05) is 13.6 Å². The number of anilines is 1. The van der Waals surface area contributed by atoms with Crippen LogP contribution in [0.1, 0.15) is 24.2 Å². The average molecular weight is 284 g/mol. The van der Waals surface area contributed by atoms with Crippen LogP contribution < -0.4 is 5.32 Å². The fourth-order valence-electron chi connectivity index (χ4n) is 1.25. The van der Waals surface area contributed by atoms with Crippen molar-refractivity contribution >= 4 is 28.2 Å². The number of hydrogen-bond acceptors (Lipinski definition) is 7. The molecule has 0 spiro atoms. The molecule has 0 fully saturated rings. The van der Waals surface area contributed by atoms with Crippen molar-refractivity contribution in [2.24, 2.45) is 7.05 Å². The molecule has 2 aromatic rings. The van der Waals surface area contributed by atoms with Crippen LogP contribution >= 0.6 is 23.1 Å². The normalized spacial score (nSPS) is 10.8. The van der Waals surface area contributed by atoms with E-state index in [1.807, 2.05) is 18.5 Å². The molecule has 0 unspecified atom stereocenters. The van der Waals surface area contributed by atoms with Crippen molar-refractivity contribution in [2.45, 2.75) is 31.2 Å². The van der Waals surface area contributed by atoms with E-state index >= 15 is 0 Å². The van der Waals surface area contributed by atoms with Crippen molar-refractivity contribution in [2.75, 3.05) is 11.9 Å². The molecule has 0 aromatic carbocycles. The fourth-order valence-corrected chi connectivity index (χ4v) is 2.96. The number of aryl methyl sites for hydroxylation is 1. The summed E-state index contributed by atoms with van der Waals surface area (Å²) in [6, 6.07) is 0. The second kappa shape index (κ2) is 6.14. The molecule has 0 radical (unpaired) electrons. The van der Waals surface area contributed by atoms with E-state index < -0.39 is 0 Å². The maximum atomic E-state index is 4.15. The van der Waals surface area contributed by atoms with Gasteiger partial charge in [-0.3, -0.25) is 0 Å². The third kappa shape index (κ3) is 3.20. The fraction of sp³-hybridized carbons (Fsp3) is 0.600. The minimum atomic E-state index is 0.775. The van der Waals surface area contributed by atoms with Gasteiger partial charge in [-0.05, 0) is 13.3 Å². The van der Waals surface area contributed by atoms with Crippen LogP contribution in [0.5, 0.6) is 0 Å². The monoisotopic (exact) mass is 284 g/mol. The highest BCUT2D eigenvalue weighted by Gasteiger charge is 2.08. The van der Waals surface area contributed by atoms with Gasteiger partial charge in [-0.25, -0.2) is 0 Å². The van der Waals surface area contributed by atoms with E-state index in [2.05, 4.69) is 32.6 Å². The summed E-state index contributed by atoms with van der Waals surface area (Å²) < 4.78 is 1.97. The molecule has 0 saturated carbocycles. The summed E-state index contributed by atoms with van der Waals surface area (Å²) in [5, 5.41) is 22.4. The molecular formula is C10H16N6S2. The van der Waals surface area contributed by atoms with Crippen molar-refractivity contribution in [3.8, 4) is 0 Å². The van der Waals surface area contributed by atoms with Crippen LogP contribution in [0.4, 0.5) is 5.13 Å². The molecule has 0 saturated heterocycles. The summed E-state index contributed by atoms with van der Waals surface area (Å²) in [6.45, 7) is 5.00. The van der Waals surface area contributed by atoms with Gasteiger partial charge in [0.05, 0.1) is 5.75 Å². The highest BCUT2D eigenvalue weighted by Crippen LogP contribution is 2.24. The second-order valence-electron chi connectivity index (χ2n) is 3.81. The van der Waals surface area contributed by atoms with E-state index in [1.54, 1.807) is 23.1 Å². The zero-order chi connectivity index (χ0) is 13.0. The molecule has 2 heterocycles. The first-order chi connectivity index (χ1) is 8.70. The highest BCUT2D eigenvalue weighted by atomic mass is 32.2. The highest BCUT2D eigenvalue weighted by molar-refractivity contribution is 7.98. The number of nitrogens with zero attached hydrogens (tertiary/aromatic N) is 5. The second-order valence-corrected chi connectivity index (χ2v) is 5.81. The molecule has 0 aliphatic carbocycles. The van der Waals surface area contributed by atoms with Crippen LogP contribution in [0.25, 0.3) is 0 Å². The standard InChI is InChI=1S/C10H16N6S2/c1-4-5-11-9-14-13-8(18-9)6-17-10-15-12-7(2)16(10)3/h4-6H2,1-3H3,(H,11,14). The molecule has 0 bridgehead atoms. The minimum Gasteiger partial charge on any atom is -0.360 e. The largest absolute Gasteiger partial charge is 0.360 e. The van der Waals surface area contributed by atoms with Crippen LogP contribution in [-0.4, -0.2) is 31.5 Å². The third-order valence-corrected chi connectivity index (χ3v) is 4.47. The molecule has 18 heavy (non-hydrogen) atoms. The predicted molar refractivity (Wildman–Crippen MR) is 74.0 cm³/mol. The average Bonchev–Trinajstić information content (AvgIpc) is 2.94. The van der Waals surface area contributed by atoms with Crippen molar-refractivity contribution in [3.63, 3.8) is 0 Å². The smallest absolute Gasteiger partial charge is 0.205 e. The van der Waals surface area contributed by atoms with Gasteiger partial charge in [-0.15, -0.1) is 20.4 Å². The van der Waals surface area contributed by atoms with Crippen LogP contribution in [0.2, 0.25) is 0 Å². The van der Waals surface area contributed by atoms with E-state index in [-0.39, 0.29) is 0 Å². The Kier molecular flexibility index (Phi) is 4.54. The maximum absolute atomic E-state index is 4.15. The third-order valence-electron chi connectivity index (χ3n) is 2.37. The Morgan fingerprint density at radius 2 is 2.11 bits per heavy atom. The zero-order valence-electron chi connectivity index (χ0n) is 10.7. The van der Waals surface area contributed by atoms with Crippen molar-refractivity contribution in [3.05, 3.63) is 10.8 Å². The van der Waals surface area contributed by atoms with Gasteiger partial charge in [-0.1, -0.05) is 30.0 Å². The first-order valence-corrected chi connectivity index (χ1v) is 7.56. The predicted octanol–water partition coefficient (Wildman–Crippen LogP) is 2.09. The molecule has 2 aromatic heterocycles. The van der Waals surface area contributed by atoms with Crippen molar-refractivity contribution in [1.29, 1.82) is 0 Å². The van der Waals surface area contributed by atoms with Gasteiger partial charge in [0.2, 0.25) is 5.13 Å². The van der Waals surface area contributed by atoms with Gasteiger partial charge < -0.3 is 9.88 Å². The Hall–Kier alpha value is -1.15. The number of aromatic nitrogens is 5. The molecule has 0 aliphatic rings. The Balaban J connectivity index is 1.90. The first kappa shape index (κ1) is 13.3. The summed E-state index contributed by atoms with van der Waals surface area (Å²) >= 11 is 3.22. The van der Waals surface area contributed by atoms with Gasteiger partial charge in [0.25, 0.3) is 0 Å². The molecular weight excluding hydrogens is 268 g/mol. The zero-order valence-corrected chi connectivity index (χ0v) is 12.3. The summed E-state index contributed by atoms with van der Waals surface area (Å²) in [6.07, 6.45) is 1.09. The molecule has 0 aliphatic heterocycles. The molecule has 0 atom stereocenters. The molecule has 98 valence electrons. The van der Waals surface area contributed by atoms with Crippen LogP contribution in [-0.2, 0) is 12.8 Å². The van der Waals surface area contributed by atoms with E-state index in [1.165, 1.54) is 0 Å². The Bertz CT molecular complexity index is 506. The summed E-state index contributed by atoms with van der Waals surface area (Å²) in [4.78, 5) is 0. The minimum absolute atomic E-state index is 0.775. The van der Waals surface area contributed by atoms with Crippen molar-refractivity contribution in [1.82, 2.24) is 25.0 Å². The Morgan fingerprint density at radius 1 is 1.28 bits per heavy atom. The number of thioether (sulfide) groups is 1. The lowest BCUT2D eigenvalue weighted by atomic mass is 10.5. The SMILES string of the molecule is CCCNc1nnc(CSc2nnc(C)n2C)s1. The topological polar surface area (TPSA) is 68.5 Å². The van der Waals surface area contributed by atoms with E-state index in [0.717, 1.165) is 39.8 Å².